The standard InChI is InChI=1S/CHBN.V/c2-1-3;/h2H;/i2D;. The Bertz CT molecular complexity index is 41.4. The number of hydrogen-bond donors (Lipinski definition) is 0. The van der Waals surface area contributed by atoms with Crippen LogP contribution in [-0.2, 0) is 18.6 Å². The summed E-state index contributed by atoms with van der Waals surface area (Å²) in [6.45, 7) is 0. The first-order valence-corrected chi connectivity index (χ1v) is 0.512. The second-order valence-corrected chi connectivity index (χ2v) is 0.129. The van der Waals surface area contributed by atoms with Gasteiger partial charge in [-0.25, -0.2) is 5.26 Å². The van der Waals surface area contributed by atoms with Gasteiger partial charge in [-0.2, -0.15) is 0 Å². The summed E-state index contributed by atoms with van der Waals surface area (Å²) in [4.78, 5) is 0. The predicted molar refractivity (Wildman–Crippen MR) is 12.8 cm³/mol. The Balaban J connectivity index is 0. The van der Waals surface area contributed by atoms with Gasteiger partial charge in [-0.05, 0) is 7.30 Å². The molecule has 0 unspecified atom stereocenters. The van der Waals surface area contributed by atoms with Gasteiger partial charge in [-0.3, -0.25) is 0 Å². The fourth-order valence-electron chi connectivity index (χ4n) is 0. The molecule has 0 bridgehead atoms. The molecule has 0 aromatic carbocycles. The quantitative estimate of drug-likeness (QED) is 0.363. The van der Waals surface area contributed by atoms with Crippen LogP contribution in [0.25, 0.3) is 0 Å². The molecule has 0 aliphatic carbocycles. The summed E-state index contributed by atoms with van der Waals surface area (Å²) >= 11 is 0. The van der Waals surface area contributed by atoms with Crippen LogP contribution < -0.4 is 0 Å². The van der Waals surface area contributed by atoms with Crippen LogP contribution in [0.2, 0.25) is 0 Å². The molecule has 0 aliphatic heterocycles. The van der Waals surface area contributed by atoms with Gasteiger partial charge in [0.05, 0.1) is 0 Å². The van der Waals surface area contributed by atoms with E-state index in [-0.39, 0.29) is 18.6 Å². The minimum Gasteiger partial charge on any atom is -0.214 e. The van der Waals surface area contributed by atoms with Crippen molar-refractivity contribution in [1.29, 1.82) is 6.60 Å². The Morgan fingerprint density at radius 1 is 2.25 bits per heavy atom. The van der Waals surface area contributed by atoms with E-state index in [1.54, 1.807) is 0 Å². The van der Waals surface area contributed by atoms with E-state index in [1.165, 1.54) is 5.97 Å². The maximum absolute atomic E-state index is 7.38. The third kappa shape index (κ3) is 143. The van der Waals surface area contributed by atoms with Crippen LogP contribution in [0.15, 0.2) is 0 Å². The van der Waals surface area contributed by atoms with Gasteiger partial charge in [0.15, 0.2) is 0 Å². The Morgan fingerprint density at radius 2 is 2.50 bits per heavy atom. The molecule has 0 amide bonds. The average Bonchev–Trinajstić information content (AvgIpc) is 1.37. The largest absolute Gasteiger partial charge is 0.233 e. The number of nitriles is 1. The Hall–Kier alpha value is 0.139. The first-order valence-electron chi connectivity index (χ1n) is 1.09. The summed E-state index contributed by atoms with van der Waals surface area (Å²) in [6.07, 6.45) is 0. The van der Waals surface area contributed by atoms with Crippen LogP contribution >= 0.6 is 0 Å². The molecule has 0 atom stereocenters. The van der Waals surface area contributed by atoms with Crippen LogP contribution in [0.1, 0.15) is 0 Å². The Morgan fingerprint density at radius 3 is 2.50 bits per heavy atom. The Kier molecular flexibility index (Phi) is 11.5. The second kappa shape index (κ2) is 11.1. The molecular formula is CHBNV. The average molecular weight is 89.8 g/mol. The molecule has 0 aromatic heterocycles. The number of rotatable bonds is 0. The van der Waals surface area contributed by atoms with Crippen molar-refractivity contribution in [3.63, 3.8) is 0 Å². The van der Waals surface area contributed by atoms with E-state index in [4.69, 9.17) is 6.60 Å². The summed E-state index contributed by atoms with van der Waals surface area (Å²) in [5.41, 5.74) is 0. The second-order valence-electron chi connectivity index (χ2n) is 0.129. The molecule has 0 N–H and O–H groups in total. The molecule has 0 aliphatic rings. The molecule has 0 saturated heterocycles. The molecule has 0 rings (SSSR count). The molecule has 0 heterocycles. The maximum Gasteiger partial charge on any atom is 0.233 e. The van der Waals surface area contributed by atoms with E-state index in [0.717, 1.165) is 0 Å². The zero-order valence-electron chi connectivity index (χ0n) is 2.97. The summed E-state index contributed by atoms with van der Waals surface area (Å²) in [7, 11) is 0.681. The van der Waals surface area contributed by atoms with Crippen LogP contribution in [0, 0.1) is 11.2 Å². The fourth-order valence-corrected chi connectivity index (χ4v) is 0. The maximum atomic E-state index is 7.38. The van der Waals surface area contributed by atoms with Gasteiger partial charge in [0.2, 0.25) is 7.81 Å². The minimum absolute atomic E-state index is 0. The van der Waals surface area contributed by atoms with E-state index in [0.29, 0.717) is 7.81 Å². The van der Waals surface area contributed by atoms with Crippen molar-refractivity contribution < 1.29 is 18.6 Å². The molecule has 0 spiro atoms. The van der Waals surface area contributed by atoms with Crippen LogP contribution in [0.3, 0.4) is 0 Å². The van der Waals surface area contributed by atoms with E-state index in [1.807, 2.05) is 0 Å². The fraction of sp³-hybridized carbons (Fsp3) is 0. The normalized spacial score (nSPS) is 4.25. The zero-order valence-corrected chi connectivity index (χ0v) is 3.37. The van der Waals surface area contributed by atoms with Gasteiger partial charge in [-0.1, -0.05) is 0 Å². The van der Waals surface area contributed by atoms with Gasteiger partial charge >= 0.3 is 0 Å². The van der Waals surface area contributed by atoms with Crippen molar-refractivity contribution in [3.05, 3.63) is 0 Å². The van der Waals surface area contributed by atoms with E-state index >= 15 is 0 Å². The number of hydrogen-bond acceptors (Lipinski definition) is 1. The van der Waals surface area contributed by atoms with Crippen molar-refractivity contribution in [2.24, 2.45) is 0 Å². The van der Waals surface area contributed by atoms with Gasteiger partial charge < -0.3 is 0 Å². The summed E-state index contributed by atoms with van der Waals surface area (Å²) in [5.74, 6) is 1.47. The first kappa shape index (κ1) is 4.14. The van der Waals surface area contributed by atoms with Crippen molar-refractivity contribution in [3.8, 4) is 5.97 Å². The molecule has 0 saturated carbocycles. The SMILES string of the molecule is [2H][B]C#N.[V]. The topological polar surface area (TPSA) is 23.8 Å². The smallest absolute Gasteiger partial charge is 0.214 e. The van der Waals surface area contributed by atoms with Crippen molar-refractivity contribution in [2.75, 3.05) is 0 Å². The van der Waals surface area contributed by atoms with E-state index < -0.39 is 0 Å². The summed E-state index contributed by atoms with van der Waals surface area (Å²) < 4.78 is 5.97. The van der Waals surface area contributed by atoms with Crippen LogP contribution in [-0.4, -0.2) is 9.15 Å². The molecule has 4 heavy (non-hydrogen) atoms. The third-order valence-corrected chi connectivity index (χ3v) is 0. The molecule has 18 valence electrons. The summed E-state index contributed by atoms with van der Waals surface area (Å²) in [5, 5.41) is 7.38. The van der Waals surface area contributed by atoms with Crippen LogP contribution in [0.5, 0.6) is 0 Å². The third-order valence-electron chi connectivity index (χ3n) is 0. The van der Waals surface area contributed by atoms with Gasteiger partial charge in [0.25, 0.3) is 0 Å². The molecule has 1 nitrogen and oxygen atoms in total. The van der Waals surface area contributed by atoms with Gasteiger partial charge in [0.1, 0.15) is 0 Å². The first-order chi connectivity index (χ1) is 1.91. The van der Waals surface area contributed by atoms with Crippen molar-refractivity contribution in [2.45, 2.75) is 0 Å². The predicted octanol–water partition coefficient (Wildman–Crippen LogP) is -0.634. The van der Waals surface area contributed by atoms with Gasteiger partial charge in [0, 0.05) is 18.6 Å². The Labute approximate surface area is 39.6 Å². The van der Waals surface area contributed by atoms with Crippen molar-refractivity contribution >= 4 is 7.81 Å². The monoisotopic (exact) mass is 90.0 g/mol. The molecule has 3 heteroatoms. The summed E-state index contributed by atoms with van der Waals surface area (Å²) in [6, 6.07) is 0. The van der Waals surface area contributed by atoms with Crippen LogP contribution in [0.4, 0.5) is 0 Å². The molecule has 2 radical (unpaired) electrons. The zero-order chi connectivity index (χ0) is 3.41. The molecule has 0 aromatic rings. The molecule has 0 fully saturated rings. The number of nitrogens with zero attached hydrogens (tertiary/aromatic N) is 1. The van der Waals surface area contributed by atoms with E-state index in [9.17, 15) is 0 Å². The van der Waals surface area contributed by atoms with E-state index in [2.05, 4.69) is 0 Å². The molecular weight excluding hydrogens is 87.8 g/mol. The minimum atomic E-state index is 0. The van der Waals surface area contributed by atoms with Gasteiger partial charge in [-0.15, -0.1) is 0 Å². The van der Waals surface area contributed by atoms with Crippen molar-refractivity contribution in [1.82, 2.24) is 0 Å².